The summed E-state index contributed by atoms with van der Waals surface area (Å²) in [6.45, 7) is 7.66. The fourth-order valence-electron chi connectivity index (χ4n) is 3.22. The van der Waals surface area contributed by atoms with Gasteiger partial charge in [-0.2, -0.15) is 0 Å². The largest absolute Gasteiger partial charge is 0.396 e. The molecule has 0 bridgehead atoms. The lowest BCUT2D eigenvalue weighted by Crippen LogP contribution is -2.54. The SMILES string of the molecule is CC1(C)O[C@H]2[C@@H](O1)[C@@H](CCCO)O[C@@H]1OC(C)(C)O[C@@H]12. The maximum Gasteiger partial charge on any atom is 0.190 e. The Morgan fingerprint density at radius 3 is 2.15 bits per heavy atom. The monoisotopic (exact) mass is 288 g/mol. The molecule has 1 N–H and O–H groups in total. The van der Waals surface area contributed by atoms with E-state index in [4.69, 9.17) is 28.8 Å². The van der Waals surface area contributed by atoms with Gasteiger partial charge in [0.2, 0.25) is 0 Å². The van der Waals surface area contributed by atoms with Gasteiger partial charge in [-0.3, -0.25) is 0 Å². The molecule has 6 heteroatoms. The lowest BCUT2D eigenvalue weighted by Gasteiger charge is -2.37. The third-order valence-corrected chi connectivity index (χ3v) is 3.90. The van der Waals surface area contributed by atoms with Crippen LogP contribution >= 0.6 is 0 Å². The Hall–Kier alpha value is -0.240. The highest BCUT2D eigenvalue weighted by Gasteiger charge is 2.60. The number of hydrogen-bond acceptors (Lipinski definition) is 6. The van der Waals surface area contributed by atoms with Crippen LogP contribution < -0.4 is 0 Å². The summed E-state index contributed by atoms with van der Waals surface area (Å²) >= 11 is 0. The van der Waals surface area contributed by atoms with Crippen molar-refractivity contribution in [3.05, 3.63) is 0 Å². The Morgan fingerprint density at radius 1 is 0.850 bits per heavy atom. The van der Waals surface area contributed by atoms with Crippen molar-refractivity contribution in [3.63, 3.8) is 0 Å². The molecule has 3 aliphatic heterocycles. The van der Waals surface area contributed by atoms with Crippen LogP contribution in [0.5, 0.6) is 0 Å². The average Bonchev–Trinajstić information content (AvgIpc) is 2.80. The zero-order valence-corrected chi connectivity index (χ0v) is 12.5. The third-order valence-electron chi connectivity index (χ3n) is 3.90. The van der Waals surface area contributed by atoms with Crippen molar-refractivity contribution in [1.29, 1.82) is 0 Å². The van der Waals surface area contributed by atoms with Gasteiger partial charge in [0, 0.05) is 6.61 Å². The molecule has 0 amide bonds. The first-order valence-corrected chi connectivity index (χ1v) is 7.29. The minimum Gasteiger partial charge on any atom is -0.396 e. The van der Waals surface area contributed by atoms with E-state index in [0.29, 0.717) is 12.8 Å². The molecule has 3 aliphatic rings. The molecule has 3 fully saturated rings. The molecule has 5 atom stereocenters. The Balaban J connectivity index is 1.80. The van der Waals surface area contributed by atoms with Crippen molar-refractivity contribution in [3.8, 4) is 0 Å². The fourth-order valence-corrected chi connectivity index (χ4v) is 3.22. The van der Waals surface area contributed by atoms with Crippen LogP contribution in [0, 0.1) is 0 Å². The van der Waals surface area contributed by atoms with Gasteiger partial charge in [0.15, 0.2) is 17.9 Å². The molecular weight excluding hydrogens is 264 g/mol. The van der Waals surface area contributed by atoms with Gasteiger partial charge in [-0.25, -0.2) is 0 Å². The molecule has 0 radical (unpaired) electrons. The Bertz CT molecular complexity index is 369. The Morgan fingerprint density at radius 2 is 1.45 bits per heavy atom. The Labute approximate surface area is 119 Å². The highest BCUT2D eigenvalue weighted by Crippen LogP contribution is 2.44. The van der Waals surface area contributed by atoms with E-state index in [2.05, 4.69) is 0 Å². The van der Waals surface area contributed by atoms with Gasteiger partial charge in [0.25, 0.3) is 0 Å². The molecule has 3 saturated heterocycles. The maximum absolute atomic E-state index is 9.03. The van der Waals surface area contributed by atoms with E-state index in [1.165, 1.54) is 0 Å². The molecule has 0 aromatic carbocycles. The topological polar surface area (TPSA) is 66.4 Å². The maximum atomic E-state index is 9.03. The van der Waals surface area contributed by atoms with Gasteiger partial charge < -0.3 is 28.8 Å². The van der Waals surface area contributed by atoms with Crippen molar-refractivity contribution in [2.24, 2.45) is 0 Å². The molecule has 20 heavy (non-hydrogen) atoms. The van der Waals surface area contributed by atoms with E-state index in [0.717, 1.165) is 0 Å². The summed E-state index contributed by atoms with van der Waals surface area (Å²) < 4.78 is 29.7. The molecule has 116 valence electrons. The van der Waals surface area contributed by atoms with Crippen LogP contribution in [0.1, 0.15) is 40.5 Å². The van der Waals surface area contributed by atoms with E-state index < -0.39 is 17.9 Å². The first-order valence-electron chi connectivity index (χ1n) is 7.29. The molecule has 0 saturated carbocycles. The van der Waals surface area contributed by atoms with Crippen LogP contribution in [0.15, 0.2) is 0 Å². The smallest absolute Gasteiger partial charge is 0.190 e. The zero-order chi connectivity index (χ0) is 14.5. The molecule has 0 spiro atoms. The second kappa shape index (κ2) is 4.90. The molecule has 0 unspecified atom stereocenters. The number of aliphatic hydroxyl groups is 1. The Kier molecular flexibility index (Phi) is 3.60. The van der Waals surface area contributed by atoms with Gasteiger partial charge in [0.05, 0.1) is 6.10 Å². The predicted molar refractivity (Wildman–Crippen MR) is 68.8 cm³/mol. The summed E-state index contributed by atoms with van der Waals surface area (Å²) in [7, 11) is 0. The molecule has 6 nitrogen and oxygen atoms in total. The zero-order valence-electron chi connectivity index (χ0n) is 12.5. The molecule has 0 aliphatic carbocycles. The van der Waals surface area contributed by atoms with Crippen molar-refractivity contribution in [1.82, 2.24) is 0 Å². The fraction of sp³-hybridized carbons (Fsp3) is 1.00. The number of hydrogen-bond donors (Lipinski definition) is 1. The second-order valence-corrected chi connectivity index (χ2v) is 6.57. The summed E-state index contributed by atoms with van der Waals surface area (Å²) in [4.78, 5) is 0. The summed E-state index contributed by atoms with van der Waals surface area (Å²) in [5.74, 6) is -1.33. The minimum atomic E-state index is -0.679. The molecule has 0 aromatic rings. The summed E-state index contributed by atoms with van der Waals surface area (Å²) in [6, 6.07) is 0. The first kappa shape index (κ1) is 14.7. The van der Waals surface area contributed by atoms with E-state index in [1.54, 1.807) is 0 Å². The number of rotatable bonds is 3. The second-order valence-electron chi connectivity index (χ2n) is 6.57. The average molecular weight is 288 g/mol. The number of ether oxygens (including phenoxy) is 5. The number of aliphatic hydroxyl groups excluding tert-OH is 1. The van der Waals surface area contributed by atoms with Gasteiger partial charge in [-0.1, -0.05) is 0 Å². The van der Waals surface area contributed by atoms with Crippen LogP contribution in [0.25, 0.3) is 0 Å². The van der Waals surface area contributed by atoms with Gasteiger partial charge in [0.1, 0.15) is 18.3 Å². The number of fused-ring (bicyclic) bond motifs is 3. The summed E-state index contributed by atoms with van der Waals surface area (Å²) in [6.07, 6.45) is 0.135. The third kappa shape index (κ3) is 2.61. The highest BCUT2D eigenvalue weighted by molar-refractivity contribution is 4.99. The lowest BCUT2D eigenvalue weighted by molar-refractivity contribution is -0.235. The van der Waals surface area contributed by atoms with Crippen LogP contribution in [-0.4, -0.2) is 54.0 Å². The normalized spacial score (nSPS) is 45.1. The van der Waals surface area contributed by atoms with Crippen LogP contribution in [0.3, 0.4) is 0 Å². The van der Waals surface area contributed by atoms with Crippen LogP contribution in [-0.2, 0) is 23.7 Å². The van der Waals surface area contributed by atoms with E-state index in [9.17, 15) is 0 Å². The summed E-state index contributed by atoms with van der Waals surface area (Å²) in [5, 5.41) is 9.03. The van der Waals surface area contributed by atoms with Crippen molar-refractivity contribution in [2.45, 2.75) is 82.8 Å². The van der Waals surface area contributed by atoms with Crippen LogP contribution in [0.2, 0.25) is 0 Å². The highest BCUT2D eigenvalue weighted by atomic mass is 16.9. The molecule has 0 aromatic heterocycles. The first-order chi connectivity index (χ1) is 9.31. The quantitative estimate of drug-likeness (QED) is 0.840. The van der Waals surface area contributed by atoms with E-state index in [1.807, 2.05) is 27.7 Å². The molecular formula is C14H24O6. The van der Waals surface area contributed by atoms with E-state index >= 15 is 0 Å². The van der Waals surface area contributed by atoms with Gasteiger partial charge >= 0.3 is 0 Å². The van der Waals surface area contributed by atoms with Crippen molar-refractivity contribution < 1.29 is 28.8 Å². The summed E-state index contributed by atoms with van der Waals surface area (Å²) in [5.41, 5.74) is 0. The minimum absolute atomic E-state index is 0.137. The standard InChI is InChI=1S/C14H24O6/c1-13(2)17-9-8(6-5-7-15)16-12-11(10(9)18-13)19-14(3,4)20-12/h8-12,15H,5-7H2,1-4H3/t8-,9+,10+,11-,12-/m1/s1. The van der Waals surface area contributed by atoms with Gasteiger partial charge in [-0.05, 0) is 40.5 Å². The van der Waals surface area contributed by atoms with Gasteiger partial charge in [-0.15, -0.1) is 0 Å². The predicted octanol–water partition coefficient (Wildman–Crippen LogP) is 1.16. The molecule has 3 heterocycles. The lowest BCUT2D eigenvalue weighted by atomic mass is 9.96. The molecule has 3 rings (SSSR count). The van der Waals surface area contributed by atoms with Crippen molar-refractivity contribution in [2.75, 3.05) is 6.61 Å². The van der Waals surface area contributed by atoms with Crippen molar-refractivity contribution >= 4 is 0 Å². The van der Waals surface area contributed by atoms with E-state index in [-0.39, 0.29) is 31.0 Å². The van der Waals surface area contributed by atoms with Crippen LogP contribution in [0.4, 0.5) is 0 Å².